The topological polar surface area (TPSA) is 95.1 Å². The number of thiophene rings is 1. The molecule has 2 saturated heterocycles. The van der Waals surface area contributed by atoms with Crippen LogP contribution in [-0.4, -0.2) is 51.0 Å². The second-order valence-corrected chi connectivity index (χ2v) is 11.5. The van der Waals surface area contributed by atoms with Crippen molar-refractivity contribution >= 4 is 40.8 Å². The summed E-state index contributed by atoms with van der Waals surface area (Å²) in [7, 11) is 1.56. The molecule has 2 amide bonds. The van der Waals surface area contributed by atoms with E-state index in [1.54, 1.807) is 18.4 Å². The van der Waals surface area contributed by atoms with Gasteiger partial charge in [-0.3, -0.25) is 10.1 Å². The van der Waals surface area contributed by atoms with E-state index in [1.165, 1.54) is 4.88 Å². The van der Waals surface area contributed by atoms with E-state index in [-0.39, 0.29) is 23.6 Å². The largest absolute Gasteiger partial charge is 0.447 e. The standard InChI is InChI=1S/C26H34N2O6S2/c1-31-14-15-33-25(30)27-20-8-6-7-19(17-20)21-10-11-22(36-21)26(12-3-5-16-35-26)18-23(29)28-34-24-9-2-4-13-32-24/h6-8,10-11,17,24H,2-5,9,12-16,18H2,1H3,(H,27,30)(H,28,29)/t24?,26-/m0/s1. The molecule has 1 aromatic carbocycles. The van der Waals surface area contributed by atoms with Crippen molar-refractivity contribution in [2.75, 3.05) is 38.0 Å². The minimum absolute atomic E-state index is 0.119. The molecule has 10 heteroatoms. The molecule has 0 radical (unpaired) electrons. The first-order valence-electron chi connectivity index (χ1n) is 12.4. The quantitative estimate of drug-likeness (QED) is 0.299. The number of methoxy groups -OCH3 is 1. The van der Waals surface area contributed by atoms with Crippen LogP contribution in [0, 0.1) is 0 Å². The normalized spacial score (nSPS) is 22.1. The highest BCUT2D eigenvalue weighted by molar-refractivity contribution is 8.00. The van der Waals surface area contributed by atoms with Crippen LogP contribution in [0.5, 0.6) is 0 Å². The summed E-state index contributed by atoms with van der Waals surface area (Å²) in [5, 5.41) is 2.76. The molecule has 0 aliphatic carbocycles. The molecule has 2 N–H and O–H groups in total. The zero-order valence-corrected chi connectivity index (χ0v) is 22.2. The first-order valence-corrected chi connectivity index (χ1v) is 14.2. The van der Waals surface area contributed by atoms with Gasteiger partial charge in [-0.2, -0.15) is 0 Å². The predicted molar refractivity (Wildman–Crippen MR) is 142 cm³/mol. The maximum Gasteiger partial charge on any atom is 0.411 e. The molecule has 2 atom stereocenters. The van der Waals surface area contributed by atoms with E-state index in [4.69, 9.17) is 19.0 Å². The van der Waals surface area contributed by atoms with Gasteiger partial charge < -0.3 is 14.2 Å². The Morgan fingerprint density at radius 2 is 2.06 bits per heavy atom. The lowest BCUT2D eigenvalue weighted by Gasteiger charge is -2.35. The maximum atomic E-state index is 12.9. The summed E-state index contributed by atoms with van der Waals surface area (Å²) in [5.74, 6) is 0.907. The number of rotatable bonds is 10. The van der Waals surface area contributed by atoms with Gasteiger partial charge in [0.05, 0.1) is 11.4 Å². The van der Waals surface area contributed by atoms with Crippen LogP contribution in [0.2, 0.25) is 0 Å². The summed E-state index contributed by atoms with van der Waals surface area (Å²) < 4.78 is 15.3. The van der Waals surface area contributed by atoms with Gasteiger partial charge in [-0.05, 0) is 61.3 Å². The molecule has 0 bridgehead atoms. The lowest BCUT2D eigenvalue weighted by atomic mass is 9.94. The predicted octanol–water partition coefficient (Wildman–Crippen LogP) is 5.69. The smallest absolute Gasteiger partial charge is 0.411 e. The minimum atomic E-state index is -0.513. The second kappa shape index (κ2) is 13.4. The fraction of sp³-hybridized carbons (Fsp3) is 0.538. The Morgan fingerprint density at radius 3 is 2.83 bits per heavy atom. The van der Waals surface area contributed by atoms with Crippen molar-refractivity contribution in [1.82, 2.24) is 5.48 Å². The van der Waals surface area contributed by atoms with Gasteiger partial charge >= 0.3 is 6.09 Å². The number of ether oxygens (including phenoxy) is 3. The molecule has 0 spiro atoms. The van der Waals surface area contributed by atoms with Crippen molar-refractivity contribution in [1.29, 1.82) is 0 Å². The van der Waals surface area contributed by atoms with Gasteiger partial charge in [-0.25, -0.2) is 15.1 Å². The highest BCUT2D eigenvalue weighted by Crippen LogP contribution is 2.51. The van der Waals surface area contributed by atoms with Gasteiger partial charge in [0.25, 0.3) is 0 Å². The molecule has 3 heterocycles. The Labute approximate surface area is 220 Å². The minimum Gasteiger partial charge on any atom is -0.447 e. The van der Waals surface area contributed by atoms with Crippen LogP contribution in [0.15, 0.2) is 36.4 Å². The third-order valence-corrected chi connectivity index (χ3v) is 9.29. The Balaban J connectivity index is 1.42. The molecule has 4 rings (SSSR count). The monoisotopic (exact) mass is 534 g/mol. The second-order valence-electron chi connectivity index (χ2n) is 8.91. The summed E-state index contributed by atoms with van der Waals surface area (Å²) in [5.41, 5.74) is 4.30. The fourth-order valence-electron chi connectivity index (χ4n) is 4.36. The maximum absolute atomic E-state index is 12.9. The number of hydrogen-bond donors (Lipinski definition) is 2. The highest BCUT2D eigenvalue weighted by Gasteiger charge is 2.38. The molecule has 196 valence electrons. The number of carbonyl (C=O) groups is 2. The van der Waals surface area contributed by atoms with Crippen molar-refractivity contribution in [2.45, 2.75) is 56.0 Å². The molecule has 2 fully saturated rings. The first kappa shape index (κ1) is 26.9. The van der Waals surface area contributed by atoms with Gasteiger partial charge in [-0.15, -0.1) is 23.1 Å². The molecule has 8 nitrogen and oxygen atoms in total. The zero-order valence-electron chi connectivity index (χ0n) is 20.6. The third-order valence-electron chi connectivity index (χ3n) is 6.21. The number of thioether (sulfide) groups is 1. The van der Waals surface area contributed by atoms with Crippen LogP contribution in [0.4, 0.5) is 10.5 Å². The molecule has 1 aromatic heterocycles. The van der Waals surface area contributed by atoms with Crippen molar-refractivity contribution in [2.24, 2.45) is 0 Å². The number of nitrogens with one attached hydrogen (secondary N) is 2. The van der Waals surface area contributed by atoms with Gasteiger partial charge in [0.15, 0.2) is 6.29 Å². The first-order chi connectivity index (χ1) is 17.6. The van der Waals surface area contributed by atoms with Crippen LogP contribution in [0.25, 0.3) is 10.4 Å². The van der Waals surface area contributed by atoms with Crippen molar-refractivity contribution in [3.8, 4) is 10.4 Å². The third kappa shape index (κ3) is 7.45. The van der Waals surface area contributed by atoms with E-state index in [2.05, 4.69) is 22.9 Å². The van der Waals surface area contributed by atoms with Crippen LogP contribution < -0.4 is 10.8 Å². The van der Waals surface area contributed by atoms with E-state index in [1.807, 2.05) is 36.0 Å². The Bertz CT molecular complexity index is 1000. The van der Waals surface area contributed by atoms with Crippen LogP contribution in [-0.2, 0) is 28.6 Å². The summed E-state index contributed by atoms with van der Waals surface area (Å²) in [6.07, 6.45) is 5.56. The van der Waals surface area contributed by atoms with Gasteiger partial charge in [0, 0.05) is 42.0 Å². The van der Waals surface area contributed by atoms with E-state index in [9.17, 15) is 9.59 Å². The highest BCUT2D eigenvalue weighted by atomic mass is 32.2. The SMILES string of the molecule is COCCOC(=O)Nc1cccc(-c2ccc([C@@]3(CC(=O)NOC4CCCCO4)CCCCS3)s2)c1. The van der Waals surface area contributed by atoms with E-state index in [0.29, 0.717) is 25.3 Å². The van der Waals surface area contributed by atoms with E-state index in [0.717, 1.165) is 54.7 Å². The number of carbonyl (C=O) groups excluding carboxylic acids is 2. The lowest BCUT2D eigenvalue weighted by Crippen LogP contribution is -2.37. The molecule has 2 aliphatic heterocycles. The fourth-order valence-corrected chi connectivity index (χ4v) is 7.25. The Morgan fingerprint density at radius 1 is 1.14 bits per heavy atom. The summed E-state index contributed by atoms with van der Waals surface area (Å²) in [6, 6.07) is 11.9. The lowest BCUT2D eigenvalue weighted by molar-refractivity contribution is -0.200. The summed E-state index contributed by atoms with van der Waals surface area (Å²) in [4.78, 5) is 32.7. The van der Waals surface area contributed by atoms with Crippen molar-refractivity contribution in [3.63, 3.8) is 0 Å². The molecule has 2 aromatic rings. The molecule has 0 saturated carbocycles. The molecular formula is C26H34N2O6S2. The molecule has 36 heavy (non-hydrogen) atoms. The zero-order chi connectivity index (χ0) is 25.2. The average Bonchev–Trinajstić information content (AvgIpc) is 3.40. The van der Waals surface area contributed by atoms with Crippen LogP contribution in [0.1, 0.15) is 49.8 Å². The van der Waals surface area contributed by atoms with E-state index >= 15 is 0 Å². The number of hydrogen-bond acceptors (Lipinski definition) is 8. The van der Waals surface area contributed by atoms with Crippen LogP contribution in [0.3, 0.4) is 0 Å². The Kier molecular flexibility index (Phi) is 10.1. The van der Waals surface area contributed by atoms with Gasteiger partial charge in [0.2, 0.25) is 5.91 Å². The van der Waals surface area contributed by atoms with Crippen molar-refractivity contribution in [3.05, 3.63) is 41.3 Å². The number of benzene rings is 1. The molecule has 1 unspecified atom stereocenters. The van der Waals surface area contributed by atoms with E-state index < -0.39 is 6.09 Å². The number of anilines is 1. The van der Waals surface area contributed by atoms with Gasteiger partial charge in [0.1, 0.15) is 6.61 Å². The van der Waals surface area contributed by atoms with Crippen LogP contribution >= 0.6 is 23.1 Å². The summed E-state index contributed by atoms with van der Waals surface area (Å²) in [6.45, 7) is 1.22. The Hall–Kier alpha value is -2.11. The van der Waals surface area contributed by atoms with Crippen molar-refractivity contribution < 1.29 is 28.6 Å². The molecular weight excluding hydrogens is 500 g/mol. The van der Waals surface area contributed by atoms with Gasteiger partial charge in [-0.1, -0.05) is 18.6 Å². The summed E-state index contributed by atoms with van der Waals surface area (Å²) >= 11 is 3.56. The number of amides is 2. The number of hydroxylamine groups is 1. The molecule has 2 aliphatic rings. The average molecular weight is 535 g/mol.